The van der Waals surface area contributed by atoms with Crippen LogP contribution < -0.4 is 0 Å². The van der Waals surface area contributed by atoms with Crippen LogP contribution in [0.25, 0.3) is 21.5 Å². The fraction of sp³-hybridized carbons (Fsp3) is 0.148. The first-order valence-corrected chi connectivity index (χ1v) is 11.5. The third-order valence-corrected chi connectivity index (χ3v) is 6.38. The number of fused-ring (bicyclic) bond motifs is 2. The molecule has 0 fully saturated rings. The normalized spacial score (nSPS) is 13.8. The third-order valence-electron chi connectivity index (χ3n) is 5.89. The first kappa shape index (κ1) is 21.5. The van der Waals surface area contributed by atoms with Crippen LogP contribution in [0.5, 0.6) is 0 Å². The number of amides is 2. The molecule has 0 atom stereocenters. The van der Waals surface area contributed by atoms with Crippen molar-refractivity contribution >= 4 is 61.2 Å². The van der Waals surface area contributed by atoms with Gasteiger partial charge in [-0.2, -0.15) is 0 Å². The lowest BCUT2D eigenvalue weighted by Crippen LogP contribution is -2.43. The molecule has 2 amide bonds. The lowest BCUT2D eigenvalue weighted by molar-refractivity contribution is 0.0602. The van der Waals surface area contributed by atoms with Crippen LogP contribution >= 0.6 is 15.9 Å². The van der Waals surface area contributed by atoms with Crippen molar-refractivity contribution in [2.45, 2.75) is 0 Å². The predicted molar refractivity (Wildman–Crippen MR) is 137 cm³/mol. The second-order valence-electron chi connectivity index (χ2n) is 8.41. The maximum Gasteiger partial charge on any atom is 0.262 e. The molecule has 0 saturated heterocycles. The van der Waals surface area contributed by atoms with E-state index in [-0.39, 0.29) is 11.8 Å². The summed E-state index contributed by atoms with van der Waals surface area (Å²) in [6.07, 6.45) is 1.80. The molecule has 5 nitrogen and oxygen atoms in total. The first-order valence-electron chi connectivity index (χ1n) is 10.7. The Labute approximate surface area is 200 Å². The van der Waals surface area contributed by atoms with Crippen molar-refractivity contribution in [2.75, 3.05) is 27.2 Å². The highest BCUT2D eigenvalue weighted by Gasteiger charge is 2.34. The van der Waals surface area contributed by atoms with E-state index in [1.807, 2.05) is 85.7 Å². The van der Waals surface area contributed by atoms with Gasteiger partial charge in [-0.25, -0.2) is 0 Å². The molecule has 0 spiro atoms. The van der Waals surface area contributed by atoms with Crippen LogP contribution in [-0.2, 0) is 0 Å². The zero-order chi connectivity index (χ0) is 23.1. The number of hydrogen-bond donors (Lipinski definition) is 0. The van der Waals surface area contributed by atoms with Gasteiger partial charge in [0, 0.05) is 40.1 Å². The molecule has 4 aromatic rings. The number of aliphatic imine (C=N–C) groups is 1. The summed E-state index contributed by atoms with van der Waals surface area (Å²) in [5, 5.41) is 3.30. The molecule has 33 heavy (non-hydrogen) atoms. The Kier molecular flexibility index (Phi) is 5.56. The van der Waals surface area contributed by atoms with Crippen molar-refractivity contribution in [1.29, 1.82) is 0 Å². The second-order valence-corrected chi connectivity index (χ2v) is 9.32. The second kappa shape index (κ2) is 8.54. The minimum Gasteiger partial charge on any atom is -0.308 e. The van der Waals surface area contributed by atoms with Gasteiger partial charge in [0.25, 0.3) is 11.8 Å². The third kappa shape index (κ3) is 3.86. The van der Waals surface area contributed by atoms with E-state index < -0.39 is 0 Å². The maximum absolute atomic E-state index is 13.7. The van der Waals surface area contributed by atoms with Crippen molar-refractivity contribution in [3.8, 4) is 0 Å². The van der Waals surface area contributed by atoms with Gasteiger partial charge in [0.1, 0.15) is 0 Å². The molecule has 0 aliphatic carbocycles. The lowest BCUT2D eigenvalue weighted by atomic mass is 9.89. The summed E-state index contributed by atoms with van der Waals surface area (Å²) in [4.78, 5) is 35.1. The minimum atomic E-state index is -0.263. The summed E-state index contributed by atoms with van der Waals surface area (Å²) in [5.74, 6) is -0.504. The summed E-state index contributed by atoms with van der Waals surface area (Å²) < 4.78 is 0.973. The standard InChI is InChI=1S/C27H22BrN3O2/c1-30(2)12-13-31-26(32)21-10-4-7-18-15-19-8-5-11-22(24(19)25(23(18)21)27(31)33)29-16-17-6-3-9-20(28)14-17/h3-11,14-16H,12-13H2,1-2H3. The molecule has 164 valence electrons. The van der Waals surface area contributed by atoms with E-state index in [9.17, 15) is 9.59 Å². The molecule has 1 aliphatic rings. The lowest BCUT2D eigenvalue weighted by Gasteiger charge is -2.29. The summed E-state index contributed by atoms with van der Waals surface area (Å²) in [6, 6.07) is 21.4. The Morgan fingerprint density at radius 2 is 1.64 bits per heavy atom. The van der Waals surface area contributed by atoms with Crippen molar-refractivity contribution in [3.63, 3.8) is 0 Å². The highest BCUT2D eigenvalue weighted by atomic mass is 79.9. The average Bonchev–Trinajstić information content (AvgIpc) is 2.79. The minimum absolute atomic E-state index is 0.241. The molecule has 5 rings (SSSR count). The number of hydrogen-bond acceptors (Lipinski definition) is 4. The fourth-order valence-electron chi connectivity index (χ4n) is 4.32. The molecule has 0 N–H and O–H groups in total. The Morgan fingerprint density at radius 1 is 0.909 bits per heavy atom. The highest BCUT2D eigenvalue weighted by Crippen LogP contribution is 2.39. The smallest absolute Gasteiger partial charge is 0.262 e. The van der Waals surface area contributed by atoms with Gasteiger partial charge in [0.05, 0.1) is 11.3 Å². The molecule has 0 saturated carbocycles. The SMILES string of the molecule is CN(C)CCN1C(=O)c2cccc3cc4cccc(N=Cc5cccc(Br)c5)c4c(c23)C1=O. The number of likely N-dealkylation sites (N-methyl/N-ethyl adjacent to an activating group) is 1. The molecule has 0 radical (unpaired) electrons. The van der Waals surface area contributed by atoms with Crippen LogP contribution in [0.2, 0.25) is 0 Å². The summed E-state index contributed by atoms with van der Waals surface area (Å²) in [6.45, 7) is 0.932. The van der Waals surface area contributed by atoms with E-state index in [1.54, 1.807) is 6.21 Å². The van der Waals surface area contributed by atoms with Crippen molar-refractivity contribution < 1.29 is 9.59 Å². The number of imide groups is 1. The Hall–Kier alpha value is -3.35. The van der Waals surface area contributed by atoms with Crippen molar-refractivity contribution in [3.05, 3.63) is 87.9 Å². The largest absolute Gasteiger partial charge is 0.308 e. The van der Waals surface area contributed by atoms with Gasteiger partial charge >= 0.3 is 0 Å². The number of benzene rings is 4. The number of halogens is 1. The zero-order valence-corrected chi connectivity index (χ0v) is 20.0. The summed E-state index contributed by atoms with van der Waals surface area (Å²) >= 11 is 3.49. The monoisotopic (exact) mass is 499 g/mol. The molecule has 0 aromatic heterocycles. The average molecular weight is 500 g/mol. The molecule has 0 unspecified atom stereocenters. The van der Waals surface area contributed by atoms with Gasteiger partial charge in [-0.3, -0.25) is 19.5 Å². The molecule has 1 aliphatic heterocycles. The Morgan fingerprint density at radius 3 is 2.39 bits per heavy atom. The molecular weight excluding hydrogens is 478 g/mol. The van der Waals surface area contributed by atoms with Crippen molar-refractivity contribution in [1.82, 2.24) is 9.80 Å². The van der Waals surface area contributed by atoms with Crippen LogP contribution in [0.1, 0.15) is 26.3 Å². The van der Waals surface area contributed by atoms with Crippen molar-refractivity contribution in [2.24, 2.45) is 4.99 Å². The first-order chi connectivity index (χ1) is 15.9. The maximum atomic E-state index is 13.7. The van der Waals surface area contributed by atoms with Crippen LogP contribution in [0.15, 0.2) is 76.2 Å². The van der Waals surface area contributed by atoms with E-state index in [0.717, 1.165) is 26.2 Å². The van der Waals surface area contributed by atoms with Crippen LogP contribution in [0.3, 0.4) is 0 Å². The fourth-order valence-corrected chi connectivity index (χ4v) is 4.74. The van der Waals surface area contributed by atoms with E-state index in [4.69, 9.17) is 4.99 Å². The van der Waals surface area contributed by atoms with Gasteiger partial charge in [-0.15, -0.1) is 0 Å². The van der Waals surface area contributed by atoms with Crippen LogP contribution in [0, 0.1) is 0 Å². The predicted octanol–water partition coefficient (Wildman–Crippen LogP) is 5.66. The van der Waals surface area contributed by atoms with Gasteiger partial charge in [-0.1, -0.05) is 52.3 Å². The quantitative estimate of drug-likeness (QED) is 0.202. The highest BCUT2D eigenvalue weighted by molar-refractivity contribution is 9.10. The number of nitrogens with zero attached hydrogens (tertiary/aromatic N) is 3. The van der Waals surface area contributed by atoms with E-state index >= 15 is 0 Å². The van der Waals surface area contributed by atoms with E-state index in [0.29, 0.717) is 35.3 Å². The number of rotatable bonds is 5. The number of carbonyl (C=O) groups excluding carboxylic acids is 2. The van der Waals surface area contributed by atoms with E-state index in [2.05, 4.69) is 15.9 Å². The van der Waals surface area contributed by atoms with Gasteiger partial charge in [0.15, 0.2) is 0 Å². The molecular formula is C27H22BrN3O2. The van der Waals surface area contributed by atoms with E-state index in [1.165, 1.54) is 4.90 Å². The molecule has 0 bridgehead atoms. The van der Waals surface area contributed by atoms with Crippen LogP contribution in [-0.4, -0.2) is 55.0 Å². The van der Waals surface area contributed by atoms with Crippen LogP contribution in [0.4, 0.5) is 5.69 Å². The van der Waals surface area contributed by atoms with Gasteiger partial charge < -0.3 is 4.90 Å². The van der Waals surface area contributed by atoms with Gasteiger partial charge in [-0.05, 0) is 60.8 Å². The van der Waals surface area contributed by atoms with Gasteiger partial charge in [0.2, 0.25) is 0 Å². The topological polar surface area (TPSA) is 53.0 Å². The zero-order valence-electron chi connectivity index (χ0n) is 18.4. The molecule has 4 aromatic carbocycles. The number of carbonyl (C=O) groups is 2. The Balaban J connectivity index is 1.75. The molecule has 1 heterocycles. The Bertz CT molecular complexity index is 1460. The molecule has 6 heteroatoms. The summed E-state index contributed by atoms with van der Waals surface area (Å²) in [7, 11) is 3.86. The summed E-state index contributed by atoms with van der Waals surface area (Å²) in [5.41, 5.74) is 2.77.